The fourth-order valence-electron chi connectivity index (χ4n) is 3.20. The fraction of sp³-hybridized carbons (Fsp3) is 0.500. The lowest BCUT2D eigenvalue weighted by atomic mass is 10.2. The Morgan fingerprint density at radius 2 is 2.15 bits per heavy atom. The van der Waals surface area contributed by atoms with Gasteiger partial charge in [-0.2, -0.15) is 0 Å². The zero-order valence-electron chi connectivity index (χ0n) is 15.3. The highest BCUT2D eigenvalue weighted by Crippen LogP contribution is 2.15. The Bertz CT molecular complexity index is 745. The molecule has 1 N–H and O–H groups in total. The van der Waals surface area contributed by atoms with Crippen molar-refractivity contribution in [1.29, 1.82) is 0 Å². The standard InChI is InChI=1S/C18H25ClN6.HI/c1-20-18(24(2)13-14-7-6-8-15(19)11-14)21-12-17-23-22-16-9-4-3-5-10-25(16)17;/h6-8,11H,3-5,9-10,12-13H2,1-2H3,(H,20,21);1H. The largest absolute Gasteiger partial charge is 0.349 e. The molecule has 1 aromatic heterocycles. The van der Waals surface area contributed by atoms with Gasteiger partial charge in [-0.1, -0.05) is 30.2 Å². The van der Waals surface area contributed by atoms with E-state index in [2.05, 4.69) is 36.0 Å². The molecule has 142 valence electrons. The normalized spacial score (nSPS) is 14.2. The minimum atomic E-state index is 0. The van der Waals surface area contributed by atoms with Crippen LogP contribution in [-0.4, -0.2) is 39.7 Å². The maximum Gasteiger partial charge on any atom is 0.194 e. The molecule has 0 saturated heterocycles. The summed E-state index contributed by atoms with van der Waals surface area (Å²) in [7, 11) is 3.81. The molecule has 1 aliphatic rings. The molecule has 0 fully saturated rings. The summed E-state index contributed by atoms with van der Waals surface area (Å²) in [6.07, 6.45) is 4.69. The molecular formula is C18H26ClIN6. The third kappa shape index (κ3) is 5.33. The van der Waals surface area contributed by atoms with Crippen LogP contribution in [0, 0.1) is 0 Å². The van der Waals surface area contributed by atoms with Gasteiger partial charge in [0.15, 0.2) is 11.8 Å². The van der Waals surface area contributed by atoms with Crippen molar-refractivity contribution in [2.45, 2.75) is 45.3 Å². The summed E-state index contributed by atoms with van der Waals surface area (Å²) in [5.74, 6) is 2.91. The van der Waals surface area contributed by atoms with Crippen LogP contribution in [0.3, 0.4) is 0 Å². The van der Waals surface area contributed by atoms with Crippen molar-refractivity contribution < 1.29 is 0 Å². The van der Waals surface area contributed by atoms with Crippen LogP contribution in [-0.2, 0) is 26.1 Å². The summed E-state index contributed by atoms with van der Waals surface area (Å²) in [4.78, 5) is 6.45. The first-order valence-electron chi connectivity index (χ1n) is 8.74. The molecule has 0 spiro atoms. The Morgan fingerprint density at radius 3 is 2.92 bits per heavy atom. The number of guanidine groups is 1. The van der Waals surface area contributed by atoms with E-state index in [0.717, 1.165) is 47.7 Å². The summed E-state index contributed by atoms with van der Waals surface area (Å²) >= 11 is 6.07. The Hall–Kier alpha value is -1.35. The smallest absolute Gasteiger partial charge is 0.194 e. The van der Waals surface area contributed by atoms with Gasteiger partial charge in [0.2, 0.25) is 0 Å². The van der Waals surface area contributed by atoms with Crippen molar-refractivity contribution in [3.05, 3.63) is 46.5 Å². The molecule has 0 atom stereocenters. The molecule has 1 aromatic carbocycles. The predicted molar refractivity (Wildman–Crippen MR) is 116 cm³/mol. The van der Waals surface area contributed by atoms with Gasteiger partial charge in [0.1, 0.15) is 5.82 Å². The van der Waals surface area contributed by atoms with Crippen molar-refractivity contribution in [3.63, 3.8) is 0 Å². The second-order valence-electron chi connectivity index (χ2n) is 6.38. The summed E-state index contributed by atoms with van der Waals surface area (Å²) in [5.41, 5.74) is 1.15. The number of aromatic nitrogens is 3. The van der Waals surface area contributed by atoms with Crippen LogP contribution in [0.1, 0.15) is 36.5 Å². The molecular weight excluding hydrogens is 463 g/mol. The van der Waals surface area contributed by atoms with E-state index in [1.165, 1.54) is 19.3 Å². The van der Waals surface area contributed by atoms with Crippen LogP contribution in [0.25, 0.3) is 0 Å². The van der Waals surface area contributed by atoms with E-state index < -0.39 is 0 Å². The van der Waals surface area contributed by atoms with Crippen molar-refractivity contribution >= 4 is 41.5 Å². The second kappa shape index (κ2) is 10.1. The summed E-state index contributed by atoms with van der Waals surface area (Å²) in [5, 5.41) is 12.9. The van der Waals surface area contributed by atoms with Gasteiger partial charge in [0.25, 0.3) is 0 Å². The number of halogens is 2. The van der Waals surface area contributed by atoms with Gasteiger partial charge in [-0.3, -0.25) is 4.99 Å². The highest BCUT2D eigenvalue weighted by atomic mass is 127. The van der Waals surface area contributed by atoms with E-state index in [9.17, 15) is 0 Å². The van der Waals surface area contributed by atoms with Crippen LogP contribution in [0.15, 0.2) is 29.3 Å². The van der Waals surface area contributed by atoms with Crippen LogP contribution in [0.4, 0.5) is 0 Å². The lowest BCUT2D eigenvalue weighted by Gasteiger charge is -2.22. The molecule has 1 aliphatic heterocycles. The van der Waals surface area contributed by atoms with Crippen molar-refractivity contribution in [2.24, 2.45) is 4.99 Å². The number of nitrogens with one attached hydrogen (secondary N) is 1. The number of aliphatic imine (C=N–C) groups is 1. The van der Waals surface area contributed by atoms with Gasteiger partial charge in [-0.05, 0) is 30.5 Å². The Kier molecular flexibility index (Phi) is 8.15. The first-order chi connectivity index (χ1) is 12.2. The minimum Gasteiger partial charge on any atom is -0.349 e. The monoisotopic (exact) mass is 488 g/mol. The molecule has 8 heteroatoms. The third-order valence-electron chi connectivity index (χ3n) is 4.47. The molecule has 0 saturated carbocycles. The summed E-state index contributed by atoms with van der Waals surface area (Å²) in [6.45, 7) is 2.37. The van der Waals surface area contributed by atoms with Gasteiger partial charge in [0.05, 0.1) is 6.54 Å². The van der Waals surface area contributed by atoms with Crippen molar-refractivity contribution in [3.8, 4) is 0 Å². The second-order valence-corrected chi connectivity index (χ2v) is 6.82. The lowest BCUT2D eigenvalue weighted by Crippen LogP contribution is -2.38. The number of aryl methyl sites for hydroxylation is 1. The zero-order valence-corrected chi connectivity index (χ0v) is 18.4. The van der Waals surface area contributed by atoms with Gasteiger partial charge in [-0.15, -0.1) is 34.2 Å². The fourth-order valence-corrected chi connectivity index (χ4v) is 3.42. The number of fused-ring (bicyclic) bond motifs is 1. The minimum absolute atomic E-state index is 0. The zero-order chi connectivity index (χ0) is 17.6. The molecule has 6 nitrogen and oxygen atoms in total. The molecule has 0 bridgehead atoms. The van der Waals surface area contributed by atoms with E-state index in [4.69, 9.17) is 11.6 Å². The van der Waals surface area contributed by atoms with Crippen LogP contribution in [0.5, 0.6) is 0 Å². The third-order valence-corrected chi connectivity index (χ3v) is 4.71. The van der Waals surface area contributed by atoms with Gasteiger partial charge >= 0.3 is 0 Å². The highest BCUT2D eigenvalue weighted by molar-refractivity contribution is 14.0. The Labute approximate surface area is 177 Å². The molecule has 2 aromatic rings. The van der Waals surface area contributed by atoms with Crippen molar-refractivity contribution in [2.75, 3.05) is 14.1 Å². The van der Waals surface area contributed by atoms with E-state index in [1.54, 1.807) is 7.05 Å². The maximum atomic E-state index is 6.07. The van der Waals surface area contributed by atoms with Gasteiger partial charge in [0, 0.05) is 38.6 Å². The van der Waals surface area contributed by atoms with Gasteiger partial charge < -0.3 is 14.8 Å². The van der Waals surface area contributed by atoms with E-state index in [1.807, 2.05) is 25.2 Å². The number of benzene rings is 1. The summed E-state index contributed by atoms with van der Waals surface area (Å²) < 4.78 is 2.25. The number of hydrogen-bond donors (Lipinski definition) is 1. The summed E-state index contributed by atoms with van der Waals surface area (Å²) in [6, 6.07) is 7.89. The predicted octanol–water partition coefficient (Wildman–Crippen LogP) is 3.48. The average Bonchev–Trinajstić information content (AvgIpc) is 2.83. The first kappa shape index (κ1) is 21.0. The number of rotatable bonds is 4. The first-order valence-corrected chi connectivity index (χ1v) is 9.12. The lowest BCUT2D eigenvalue weighted by molar-refractivity contribution is 0.473. The molecule has 0 unspecified atom stereocenters. The highest BCUT2D eigenvalue weighted by Gasteiger charge is 2.15. The van der Waals surface area contributed by atoms with Gasteiger partial charge in [-0.25, -0.2) is 0 Å². The van der Waals surface area contributed by atoms with E-state index in [-0.39, 0.29) is 24.0 Å². The van der Waals surface area contributed by atoms with Crippen LogP contribution >= 0.6 is 35.6 Å². The number of nitrogens with zero attached hydrogens (tertiary/aromatic N) is 5. The maximum absolute atomic E-state index is 6.07. The molecule has 0 aliphatic carbocycles. The van der Waals surface area contributed by atoms with Crippen LogP contribution in [0.2, 0.25) is 5.02 Å². The molecule has 0 amide bonds. The van der Waals surface area contributed by atoms with Crippen molar-refractivity contribution in [1.82, 2.24) is 25.0 Å². The Morgan fingerprint density at radius 1 is 1.31 bits per heavy atom. The SMILES string of the molecule is CN=C(NCc1nnc2n1CCCCC2)N(C)Cc1cccc(Cl)c1.I. The quantitative estimate of drug-likeness (QED) is 0.407. The molecule has 3 rings (SSSR count). The van der Waals surface area contributed by atoms with E-state index in [0.29, 0.717) is 6.54 Å². The topological polar surface area (TPSA) is 58.3 Å². The molecule has 0 radical (unpaired) electrons. The Balaban J connectivity index is 0.00000243. The van der Waals surface area contributed by atoms with Crippen LogP contribution < -0.4 is 5.32 Å². The average molecular weight is 489 g/mol. The van der Waals surface area contributed by atoms with E-state index >= 15 is 0 Å². The molecule has 2 heterocycles. The number of hydrogen-bond acceptors (Lipinski definition) is 3. The molecule has 26 heavy (non-hydrogen) atoms.